The molecule has 1 aliphatic rings. The van der Waals surface area contributed by atoms with Gasteiger partial charge in [0.2, 0.25) is 0 Å². The van der Waals surface area contributed by atoms with Gasteiger partial charge in [-0.1, -0.05) is 13.8 Å². The van der Waals surface area contributed by atoms with Crippen molar-refractivity contribution in [2.75, 3.05) is 13.2 Å². The van der Waals surface area contributed by atoms with Gasteiger partial charge in [-0.2, -0.15) is 0 Å². The summed E-state index contributed by atoms with van der Waals surface area (Å²) in [6, 6.07) is 0.332. The van der Waals surface area contributed by atoms with Crippen molar-refractivity contribution in [2.24, 2.45) is 10.9 Å². The van der Waals surface area contributed by atoms with E-state index in [-0.39, 0.29) is 6.61 Å². The Hall–Kier alpha value is -0.570. The summed E-state index contributed by atoms with van der Waals surface area (Å²) in [5.41, 5.74) is 0. The number of rotatable bonds is 4. The third-order valence-corrected chi connectivity index (χ3v) is 2.05. The smallest absolute Gasteiger partial charge is 0.183 e. The summed E-state index contributed by atoms with van der Waals surface area (Å²) < 4.78 is 5.37. The fourth-order valence-corrected chi connectivity index (χ4v) is 1.15. The topological polar surface area (TPSA) is 41.8 Å². The fraction of sp³-hybridized carbons (Fsp3) is 0.889. The van der Waals surface area contributed by atoms with Crippen LogP contribution in [-0.4, -0.2) is 30.3 Å². The van der Waals surface area contributed by atoms with Gasteiger partial charge in [-0.25, -0.2) is 4.99 Å². The molecule has 3 heteroatoms. The van der Waals surface area contributed by atoms with Gasteiger partial charge in [0.05, 0.1) is 6.04 Å². The van der Waals surface area contributed by atoms with E-state index in [0.29, 0.717) is 12.0 Å². The lowest BCUT2D eigenvalue weighted by atomic mass is 10.1. The van der Waals surface area contributed by atoms with Crippen LogP contribution in [0, 0.1) is 5.92 Å². The van der Waals surface area contributed by atoms with Crippen molar-refractivity contribution in [3.05, 3.63) is 0 Å². The van der Waals surface area contributed by atoms with E-state index in [1.807, 2.05) is 0 Å². The van der Waals surface area contributed by atoms with Gasteiger partial charge in [-0.15, -0.1) is 0 Å². The summed E-state index contributed by atoms with van der Waals surface area (Å²) in [6.07, 6.45) is 1.53. The molecule has 1 heterocycles. The summed E-state index contributed by atoms with van der Waals surface area (Å²) in [4.78, 5) is 4.41. The number of hydrogen-bond donors (Lipinski definition) is 1. The Labute approximate surface area is 73.5 Å². The SMILES string of the molecule is CC(C)[C@H]1COC(CCCO)=N1. The minimum absolute atomic E-state index is 0.217. The van der Waals surface area contributed by atoms with Crippen LogP contribution in [-0.2, 0) is 4.74 Å². The first kappa shape index (κ1) is 9.52. The average Bonchev–Trinajstić information content (AvgIpc) is 2.48. The number of aliphatic imine (C=N–C) groups is 1. The highest BCUT2D eigenvalue weighted by Crippen LogP contribution is 2.15. The molecule has 0 bridgehead atoms. The van der Waals surface area contributed by atoms with Crippen molar-refractivity contribution < 1.29 is 9.84 Å². The molecule has 0 aromatic rings. The van der Waals surface area contributed by atoms with Crippen molar-refractivity contribution in [1.29, 1.82) is 0 Å². The van der Waals surface area contributed by atoms with E-state index in [2.05, 4.69) is 18.8 Å². The second-order valence-corrected chi connectivity index (χ2v) is 3.47. The molecule has 0 unspecified atom stereocenters. The van der Waals surface area contributed by atoms with Gasteiger partial charge in [0.25, 0.3) is 0 Å². The van der Waals surface area contributed by atoms with Crippen LogP contribution in [0.3, 0.4) is 0 Å². The predicted octanol–water partition coefficient (Wildman–Crippen LogP) is 1.21. The molecule has 0 aliphatic carbocycles. The first-order valence-electron chi connectivity index (χ1n) is 4.54. The summed E-state index contributed by atoms with van der Waals surface area (Å²) in [5, 5.41) is 8.59. The summed E-state index contributed by atoms with van der Waals surface area (Å²) >= 11 is 0. The van der Waals surface area contributed by atoms with E-state index in [1.165, 1.54) is 0 Å². The minimum Gasteiger partial charge on any atom is -0.479 e. The zero-order valence-corrected chi connectivity index (χ0v) is 7.79. The van der Waals surface area contributed by atoms with Gasteiger partial charge in [-0.05, 0) is 12.3 Å². The van der Waals surface area contributed by atoms with Crippen LogP contribution in [0.15, 0.2) is 4.99 Å². The van der Waals surface area contributed by atoms with Gasteiger partial charge in [0, 0.05) is 13.0 Å². The summed E-state index contributed by atoms with van der Waals surface area (Å²) in [7, 11) is 0. The molecule has 0 saturated heterocycles. The standard InChI is InChI=1S/C9H17NO2/c1-7(2)8-6-12-9(10-8)4-3-5-11/h7-8,11H,3-6H2,1-2H3/t8-/m1/s1. The monoisotopic (exact) mass is 171 g/mol. The van der Waals surface area contributed by atoms with Crippen LogP contribution >= 0.6 is 0 Å². The molecule has 1 aliphatic heterocycles. The second kappa shape index (κ2) is 4.45. The molecule has 0 radical (unpaired) electrons. The van der Waals surface area contributed by atoms with Crippen LogP contribution in [0.1, 0.15) is 26.7 Å². The first-order chi connectivity index (χ1) is 5.74. The van der Waals surface area contributed by atoms with E-state index in [0.717, 1.165) is 25.3 Å². The van der Waals surface area contributed by atoms with Crippen molar-refractivity contribution in [2.45, 2.75) is 32.7 Å². The maximum Gasteiger partial charge on any atom is 0.183 e. The van der Waals surface area contributed by atoms with Gasteiger partial charge >= 0.3 is 0 Å². The van der Waals surface area contributed by atoms with E-state index < -0.39 is 0 Å². The Morgan fingerprint density at radius 2 is 2.42 bits per heavy atom. The molecule has 12 heavy (non-hydrogen) atoms. The summed E-state index contributed by atoms with van der Waals surface area (Å²) in [6.45, 7) is 5.23. The number of hydrogen-bond acceptors (Lipinski definition) is 3. The lowest BCUT2D eigenvalue weighted by Crippen LogP contribution is -2.13. The minimum atomic E-state index is 0.217. The van der Waals surface area contributed by atoms with Gasteiger partial charge in [0.1, 0.15) is 6.61 Å². The van der Waals surface area contributed by atoms with Gasteiger partial charge in [0.15, 0.2) is 5.90 Å². The van der Waals surface area contributed by atoms with Crippen molar-refractivity contribution in [3.8, 4) is 0 Å². The average molecular weight is 171 g/mol. The molecular formula is C9H17NO2. The van der Waals surface area contributed by atoms with Crippen molar-refractivity contribution in [1.82, 2.24) is 0 Å². The molecule has 0 aromatic heterocycles. The molecule has 0 amide bonds. The Morgan fingerprint density at radius 3 is 2.92 bits per heavy atom. The van der Waals surface area contributed by atoms with Crippen molar-refractivity contribution >= 4 is 5.90 Å². The predicted molar refractivity (Wildman–Crippen MR) is 48.3 cm³/mol. The molecule has 0 spiro atoms. The zero-order chi connectivity index (χ0) is 8.97. The molecule has 1 atom stereocenters. The Balaban J connectivity index is 2.32. The van der Waals surface area contributed by atoms with Crippen LogP contribution in [0.25, 0.3) is 0 Å². The van der Waals surface area contributed by atoms with Crippen LogP contribution in [0.4, 0.5) is 0 Å². The van der Waals surface area contributed by atoms with Crippen molar-refractivity contribution in [3.63, 3.8) is 0 Å². The van der Waals surface area contributed by atoms with Crippen LogP contribution in [0.2, 0.25) is 0 Å². The molecule has 0 saturated carbocycles. The van der Waals surface area contributed by atoms with Crippen LogP contribution < -0.4 is 0 Å². The maximum absolute atomic E-state index is 8.59. The Morgan fingerprint density at radius 1 is 1.67 bits per heavy atom. The van der Waals surface area contributed by atoms with Crippen LogP contribution in [0.5, 0.6) is 0 Å². The molecular weight excluding hydrogens is 154 g/mol. The number of nitrogens with zero attached hydrogens (tertiary/aromatic N) is 1. The third kappa shape index (κ3) is 2.48. The lowest BCUT2D eigenvalue weighted by Gasteiger charge is -2.06. The molecule has 3 nitrogen and oxygen atoms in total. The van der Waals surface area contributed by atoms with E-state index >= 15 is 0 Å². The number of aliphatic hydroxyl groups excluding tert-OH is 1. The number of aliphatic hydroxyl groups is 1. The van der Waals surface area contributed by atoms with Gasteiger partial charge in [-0.3, -0.25) is 0 Å². The third-order valence-electron chi connectivity index (χ3n) is 2.05. The molecule has 0 aromatic carbocycles. The van der Waals surface area contributed by atoms with E-state index in [1.54, 1.807) is 0 Å². The van der Waals surface area contributed by atoms with E-state index in [4.69, 9.17) is 9.84 Å². The quantitative estimate of drug-likeness (QED) is 0.690. The Kier molecular flexibility index (Phi) is 3.53. The molecule has 0 fully saturated rings. The largest absolute Gasteiger partial charge is 0.479 e. The molecule has 1 N–H and O–H groups in total. The highest BCUT2D eigenvalue weighted by Gasteiger charge is 2.20. The highest BCUT2D eigenvalue weighted by atomic mass is 16.5. The fourth-order valence-electron chi connectivity index (χ4n) is 1.15. The highest BCUT2D eigenvalue weighted by molar-refractivity contribution is 5.77. The summed E-state index contributed by atoms with van der Waals surface area (Å²) in [5.74, 6) is 1.37. The molecule has 1 rings (SSSR count). The van der Waals surface area contributed by atoms with Gasteiger partial charge < -0.3 is 9.84 Å². The normalized spacial score (nSPS) is 22.7. The number of ether oxygens (including phenoxy) is 1. The Bertz CT molecular complexity index is 166. The molecule has 70 valence electrons. The second-order valence-electron chi connectivity index (χ2n) is 3.47. The first-order valence-corrected chi connectivity index (χ1v) is 4.54. The maximum atomic E-state index is 8.59. The zero-order valence-electron chi connectivity index (χ0n) is 7.79. The van der Waals surface area contributed by atoms with E-state index in [9.17, 15) is 0 Å². The lowest BCUT2D eigenvalue weighted by molar-refractivity contribution is 0.270.